The number of aliphatic hydroxyl groups is 1. The Morgan fingerprint density at radius 1 is 1.28 bits per heavy atom. The molecule has 2 rings (SSSR count). The summed E-state index contributed by atoms with van der Waals surface area (Å²) >= 11 is 0. The first-order valence-electron chi connectivity index (χ1n) is 5.47. The van der Waals surface area contributed by atoms with E-state index in [1.807, 2.05) is 0 Å². The molecule has 0 radical (unpaired) electrons. The second-order valence-electron chi connectivity index (χ2n) is 4.47. The number of halogens is 3. The molecular formula is C12H12F3NO2. The normalized spacial score (nSPS) is 17.3. The molecule has 1 aromatic carbocycles. The number of anilines is 1. The summed E-state index contributed by atoms with van der Waals surface area (Å²) in [5.74, 6) is -0.343. The molecule has 0 aliphatic heterocycles. The summed E-state index contributed by atoms with van der Waals surface area (Å²) < 4.78 is 36.9. The van der Waals surface area contributed by atoms with Gasteiger partial charge in [0.25, 0.3) is 0 Å². The van der Waals surface area contributed by atoms with Gasteiger partial charge < -0.3 is 10.4 Å². The van der Waals surface area contributed by atoms with Crippen LogP contribution in [-0.2, 0) is 11.0 Å². The lowest BCUT2D eigenvalue weighted by atomic mass is 10.1. The quantitative estimate of drug-likeness (QED) is 0.875. The molecule has 3 nitrogen and oxygen atoms in total. The van der Waals surface area contributed by atoms with Crippen LogP contribution in [0.3, 0.4) is 0 Å². The van der Waals surface area contributed by atoms with E-state index in [0.717, 1.165) is 12.1 Å². The lowest BCUT2D eigenvalue weighted by Crippen LogP contribution is -2.27. The first kappa shape index (κ1) is 12.9. The highest BCUT2D eigenvalue weighted by Gasteiger charge is 2.49. The first-order valence-corrected chi connectivity index (χ1v) is 5.47. The van der Waals surface area contributed by atoms with E-state index in [0.29, 0.717) is 18.5 Å². The molecule has 0 atom stereocenters. The maximum Gasteiger partial charge on any atom is 0.416 e. The molecule has 1 amide bonds. The third-order valence-corrected chi connectivity index (χ3v) is 3.11. The summed E-state index contributed by atoms with van der Waals surface area (Å²) in [6.45, 7) is -0.237. The predicted molar refractivity (Wildman–Crippen MR) is 58.8 cm³/mol. The van der Waals surface area contributed by atoms with Crippen LogP contribution >= 0.6 is 0 Å². The lowest BCUT2D eigenvalue weighted by Gasteiger charge is -2.13. The highest BCUT2D eigenvalue weighted by atomic mass is 19.4. The van der Waals surface area contributed by atoms with Gasteiger partial charge in [-0.15, -0.1) is 0 Å². The Labute approximate surface area is 102 Å². The number of benzene rings is 1. The zero-order valence-corrected chi connectivity index (χ0v) is 9.42. The minimum atomic E-state index is -4.38. The Bertz CT molecular complexity index is 449. The molecule has 1 aliphatic rings. The number of nitrogens with one attached hydrogen (secondary N) is 1. The average molecular weight is 259 g/mol. The van der Waals surface area contributed by atoms with E-state index in [-0.39, 0.29) is 12.5 Å². The number of amides is 1. The number of aliphatic hydroxyl groups excluding tert-OH is 1. The maximum absolute atomic E-state index is 12.3. The molecule has 1 aromatic rings. The lowest BCUT2D eigenvalue weighted by molar-refractivity contribution is -0.137. The van der Waals surface area contributed by atoms with Gasteiger partial charge >= 0.3 is 6.18 Å². The van der Waals surface area contributed by atoms with E-state index < -0.39 is 17.2 Å². The largest absolute Gasteiger partial charge is 0.416 e. The SMILES string of the molecule is O=C(Nc1ccc(C(F)(F)F)cc1)C1(CO)CC1. The van der Waals surface area contributed by atoms with Gasteiger partial charge in [-0.1, -0.05) is 0 Å². The second-order valence-corrected chi connectivity index (χ2v) is 4.47. The van der Waals surface area contributed by atoms with E-state index in [4.69, 9.17) is 5.11 Å². The van der Waals surface area contributed by atoms with E-state index in [1.54, 1.807) is 0 Å². The molecular weight excluding hydrogens is 247 g/mol. The van der Waals surface area contributed by atoms with Gasteiger partial charge in [-0.05, 0) is 37.1 Å². The highest BCUT2D eigenvalue weighted by Crippen LogP contribution is 2.45. The van der Waals surface area contributed by atoms with Crippen molar-refractivity contribution >= 4 is 11.6 Å². The van der Waals surface area contributed by atoms with Crippen molar-refractivity contribution in [1.29, 1.82) is 0 Å². The molecule has 0 aromatic heterocycles. The predicted octanol–water partition coefficient (Wildman–Crippen LogP) is 2.42. The van der Waals surface area contributed by atoms with Gasteiger partial charge in [-0.25, -0.2) is 0 Å². The standard InChI is InChI=1S/C12H12F3NO2/c13-12(14,15)8-1-3-9(4-2-8)16-10(18)11(7-17)5-6-11/h1-4,17H,5-7H2,(H,16,18). The Morgan fingerprint density at radius 2 is 1.83 bits per heavy atom. The van der Waals surface area contributed by atoms with Gasteiger partial charge in [0.05, 0.1) is 17.6 Å². The highest BCUT2D eigenvalue weighted by molar-refractivity contribution is 5.97. The van der Waals surface area contributed by atoms with Crippen LogP contribution in [-0.4, -0.2) is 17.6 Å². The van der Waals surface area contributed by atoms with Crippen molar-refractivity contribution in [1.82, 2.24) is 0 Å². The summed E-state index contributed by atoms with van der Waals surface area (Å²) in [4.78, 5) is 11.7. The molecule has 0 heterocycles. The van der Waals surface area contributed by atoms with Gasteiger partial charge in [0, 0.05) is 5.69 Å². The number of hydrogen-bond donors (Lipinski definition) is 2. The molecule has 0 unspecified atom stereocenters. The third-order valence-electron chi connectivity index (χ3n) is 3.11. The average Bonchev–Trinajstić information content (AvgIpc) is 3.09. The minimum absolute atomic E-state index is 0.237. The number of carbonyl (C=O) groups excluding carboxylic acids is 1. The second kappa shape index (κ2) is 4.28. The topological polar surface area (TPSA) is 49.3 Å². The van der Waals surface area contributed by atoms with Crippen molar-refractivity contribution < 1.29 is 23.1 Å². The van der Waals surface area contributed by atoms with Gasteiger partial charge in [0.2, 0.25) is 5.91 Å². The number of rotatable bonds is 3. The Hall–Kier alpha value is -1.56. The Morgan fingerprint density at radius 3 is 2.22 bits per heavy atom. The first-order chi connectivity index (χ1) is 8.37. The monoisotopic (exact) mass is 259 g/mol. The molecule has 98 valence electrons. The van der Waals surface area contributed by atoms with Gasteiger partial charge in [0.1, 0.15) is 0 Å². The number of alkyl halides is 3. The fourth-order valence-corrected chi connectivity index (χ4v) is 1.61. The Balaban J connectivity index is 2.05. The molecule has 0 bridgehead atoms. The fourth-order valence-electron chi connectivity index (χ4n) is 1.61. The van der Waals surface area contributed by atoms with E-state index in [2.05, 4.69) is 5.32 Å². The van der Waals surface area contributed by atoms with Crippen LogP contribution in [0.15, 0.2) is 24.3 Å². The fraction of sp³-hybridized carbons (Fsp3) is 0.417. The maximum atomic E-state index is 12.3. The molecule has 0 spiro atoms. The van der Waals surface area contributed by atoms with E-state index in [9.17, 15) is 18.0 Å². The van der Waals surface area contributed by atoms with Crippen LogP contribution in [0.5, 0.6) is 0 Å². The molecule has 2 N–H and O–H groups in total. The van der Waals surface area contributed by atoms with Crippen LogP contribution in [0.2, 0.25) is 0 Å². The molecule has 18 heavy (non-hydrogen) atoms. The summed E-state index contributed by atoms with van der Waals surface area (Å²) in [5, 5.41) is 11.6. The van der Waals surface area contributed by atoms with Gasteiger partial charge in [-0.2, -0.15) is 13.2 Å². The van der Waals surface area contributed by atoms with Crippen LogP contribution in [0.1, 0.15) is 18.4 Å². The van der Waals surface area contributed by atoms with E-state index >= 15 is 0 Å². The zero-order chi connectivity index (χ0) is 13.4. The minimum Gasteiger partial charge on any atom is -0.395 e. The van der Waals surface area contributed by atoms with Gasteiger partial charge in [0.15, 0.2) is 0 Å². The molecule has 6 heteroatoms. The van der Waals surface area contributed by atoms with Crippen LogP contribution in [0.4, 0.5) is 18.9 Å². The zero-order valence-electron chi connectivity index (χ0n) is 9.42. The number of hydrogen-bond acceptors (Lipinski definition) is 2. The smallest absolute Gasteiger partial charge is 0.395 e. The number of carbonyl (C=O) groups is 1. The van der Waals surface area contributed by atoms with E-state index in [1.165, 1.54) is 12.1 Å². The van der Waals surface area contributed by atoms with Crippen LogP contribution in [0.25, 0.3) is 0 Å². The molecule has 1 fully saturated rings. The van der Waals surface area contributed by atoms with Crippen molar-refractivity contribution in [2.24, 2.45) is 5.41 Å². The third kappa shape index (κ3) is 2.48. The summed E-state index contributed by atoms with van der Waals surface area (Å²) in [5.41, 5.74) is -1.19. The molecule has 0 saturated heterocycles. The van der Waals surface area contributed by atoms with Crippen molar-refractivity contribution in [2.45, 2.75) is 19.0 Å². The van der Waals surface area contributed by atoms with Crippen molar-refractivity contribution in [2.75, 3.05) is 11.9 Å². The van der Waals surface area contributed by atoms with Crippen molar-refractivity contribution in [3.8, 4) is 0 Å². The summed E-state index contributed by atoms with van der Waals surface area (Å²) in [6, 6.07) is 4.23. The van der Waals surface area contributed by atoms with Gasteiger partial charge in [-0.3, -0.25) is 4.79 Å². The van der Waals surface area contributed by atoms with Crippen LogP contribution in [0, 0.1) is 5.41 Å². The molecule has 1 saturated carbocycles. The molecule has 1 aliphatic carbocycles. The summed E-state index contributed by atoms with van der Waals surface area (Å²) in [6.07, 6.45) is -3.17. The Kier molecular flexibility index (Phi) is 3.06. The summed E-state index contributed by atoms with van der Waals surface area (Å²) in [7, 11) is 0. The van der Waals surface area contributed by atoms with Crippen molar-refractivity contribution in [3.05, 3.63) is 29.8 Å². The van der Waals surface area contributed by atoms with Crippen LogP contribution < -0.4 is 5.32 Å². The van der Waals surface area contributed by atoms with Crippen molar-refractivity contribution in [3.63, 3.8) is 0 Å².